The molecule has 26 heavy (non-hydrogen) atoms. The molecule has 1 atom stereocenters. The van der Waals surface area contributed by atoms with E-state index in [0.717, 1.165) is 25.2 Å². The summed E-state index contributed by atoms with van der Waals surface area (Å²) in [6.45, 7) is 1.56. The summed E-state index contributed by atoms with van der Waals surface area (Å²) < 4.78 is 42.3. The highest BCUT2D eigenvalue weighted by Crippen LogP contribution is 2.28. The van der Waals surface area contributed by atoms with Crippen molar-refractivity contribution < 1.29 is 17.6 Å². The van der Waals surface area contributed by atoms with E-state index in [2.05, 4.69) is 25.5 Å². The van der Waals surface area contributed by atoms with Crippen LogP contribution < -0.4 is 10.2 Å². The van der Waals surface area contributed by atoms with Crippen molar-refractivity contribution in [3.8, 4) is 0 Å². The minimum absolute atomic E-state index is 0.0381. The van der Waals surface area contributed by atoms with E-state index < -0.39 is 12.1 Å². The van der Waals surface area contributed by atoms with Crippen LogP contribution >= 0.6 is 0 Å². The molecule has 1 aliphatic rings. The maximum atomic E-state index is 12.5. The van der Waals surface area contributed by atoms with E-state index in [9.17, 15) is 13.2 Å². The Kier molecular flexibility index (Phi) is 5.25. The fourth-order valence-electron chi connectivity index (χ4n) is 2.79. The van der Waals surface area contributed by atoms with Gasteiger partial charge in [0.2, 0.25) is 11.8 Å². The lowest BCUT2D eigenvalue weighted by atomic mass is 10.1. The number of rotatable bonds is 5. The molecule has 8 nitrogen and oxygen atoms in total. The number of alkyl halides is 3. The topological polar surface area (TPSA) is 83.2 Å². The SMILES string of the molecule is CN(C)c1ccnc(NC2CCCN(Cc3nnc(C(F)(F)F)o3)C2)n1. The van der Waals surface area contributed by atoms with Crippen molar-refractivity contribution in [3.05, 3.63) is 24.0 Å². The van der Waals surface area contributed by atoms with Gasteiger partial charge in [0, 0.05) is 32.9 Å². The van der Waals surface area contributed by atoms with Gasteiger partial charge in [-0.2, -0.15) is 18.2 Å². The van der Waals surface area contributed by atoms with E-state index in [4.69, 9.17) is 4.42 Å². The second-order valence-corrected chi connectivity index (χ2v) is 6.35. The highest BCUT2D eigenvalue weighted by molar-refractivity contribution is 5.41. The number of anilines is 2. The minimum atomic E-state index is -4.62. The van der Waals surface area contributed by atoms with Gasteiger partial charge in [-0.05, 0) is 25.5 Å². The van der Waals surface area contributed by atoms with Crippen LogP contribution in [0.15, 0.2) is 16.7 Å². The molecule has 1 aliphatic heterocycles. The number of piperidine rings is 1. The Labute approximate surface area is 148 Å². The van der Waals surface area contributed by atoms with E-state index in [1.54, 1.807) is 6.20 Å². The largest absolute Gasteiger partial charge is 0.470 e. The molecule has 0 amide bonds. The molecule has 0 aromatic carbocycles. The average molecular weight is 371 g/mol. The molecule has 0 radical (unpaired) electrons. The van der Waals surface area contributed by atoms with E-state index in [0.29, 0.717) is 12.5 Å². The number of hydrogen-bond donors (Lipinski definition) is 1. The van der Waals surface area contributed by atoms with Crippen molar-refractivity contribution in [3.63, 3.8) is 0 Å². The summed E-state index contributed by atoms with van der Waals surface area (Å²) in [5.41, 5.74) is 0. The zero-order valence-electron chi connectivity index (χ0n) is 14.5. The third kappa shape index (κ3) is 4.59. The van der Waals surface area contributed by atoms with Gasteiger partial charge in [0.05, 0.1) is 6.54 Å². The predicted molar refractivity (Wildman–Crippen MR) is 87.6 cm³/mol. The Morgan fingerprint density at radius 3 is 2.85 bits per heavy atom. The molecule has 1 N–H and O–H groups in total. The minimum Gasteiger partial charge on any atom is -0.416 e. The third-order valence-corrected chi connectivity index (χ3v) is 4.01. The first-order valence-electron chi connectivity index (χ1n) is 8.20. The lowest BCUT2D eigenvalue weighted by Gasteiger charge is -2.32. The van der Waals surface area contributed by atoms with Crippen LogP contribution in [0.5, 0.6) is 0 Å². The normalized spacial score (nSPS) is 18.7. The van der Waals surface area contributed by atoms with Crippen molar-refractivity contribution in [1.82, 2.24) is 25.1 Å². The zero-order valence-corrected chi connectivity index (χ0v) is 14.5. The highest BCUT2D eigenvalue weighted by Gasteiger charge is 2.38. The van der Waals surface area contributed by atoms with Crippen LogP contribution in [0, 0.1) is 0 Å². The first-order valence-corrected chi connectivity index (χ1v) is 8.20. The molecule has 1 saturated heterocycles. The summed E-state index contributed by atoms with van der Waals surface area (Å²) in [5.74, 6) is -0.0298. The summed E-state index contributed by atoms with van der Waals surface area (Å²) in [6, 6.07) is 1.90. The van der Waals surface area contributed by atoms with Crippen LogP contribution in [0.2, 0.25) is 0 Å². The van der Waals surface area contributed by atoms with Crippen molar-refractivity contribution in [2.24, 2.45) is 0 Å². The third-order valence-electron chi connectivity index (χ3n) is 4.01. The monoisotopic (exact) mass is 371 g/mol. The summed E-state index contributed by atoms with van der Waals surface area (Å²) in [6.07, 6.45) is -1.12. The fraction of sp³-hybridized carbons (Fsp3) is 0.600. The van der Waals surface area contributed by atoms with Gasteiger partial charge in [0.15, 0.2) is 0 Å². The molecule has 2 aromatic rings. The zero-order chi connectivity index (χ0) is 18.7. The van der Waals surface area contributed by atoms with E-state index >= 15 is 0 Å². The van der Waals surface area contributed by atoms with Gasteiger partial charge in [0.1, 0.15) is 5.82 Å². The molecule has 1 fully saturated rings. The van der Waals surface area contributed by atoms with E-state index in [-0.39, 0.29) is 18.5 Å². The van der Waals surface area contributed by atoms with Gasteiger partial charge in [-0.15, -0.1) is 10.2 Å². The number of hydrogen-bond acceptors (Lipinski definition) is 8. The van der Waals surface area contributed by atoms with Crippen LogP contribution in [-0.2, 0) is 12.7 Å². The molecule has 0 bridgehead atoms. The Balaban J connectivity index is 1.59. The predicted octanol–water partition coefficient (Wildman–Crippen LogP) is 2.02. The molecule has 1 unspecified atom stereocenters. The molecule has 142 valence electrons. The van der Waals surface area contributed by atoms with Crippen LogP contribution in [-0.4, -0.2) is 58.3 Å². The first-order chi connectivity index (χ1) is 12.3. The molecular weight excluding hydrogens is 351 g/mol. The van der Waals surface area contributed by atoms with Crippen LogP contribution in [0.1, 0.15) is 24.6 Å². The first kappa shape index (κ1) is 18.4. The number of nitrogens with one attached hydrogen (secondary N) is 1. The molecular formula is C15H20F3N7O. The van der Waals surface area contributed by atoms with Crippen molar-refractivity contribution in [1.29, 1.82) is 0 Å². The van der Waals surface area contributed by atoms with Gasteiger partial charge < -0.3 is 14.6 Å². The van der Waals surface area contributed by atoms with Gasteiger partial charge in [-0.25, -0.2) is 4.98 Å². The van der Waals surface area contributed by atoms with Gasteiger partial charge in [-0.1, -0.05) is 0 Å². The van der Waals surface area contributed by atoms with Crippen molar-refractivity contribution >= 4 is 11.8 Å². The molecule has 0 spiro atoms. The maximum Gasteiger partial charge on any atom is 0.470 e. The Morgan fingerprint density at radius 1 is 1.35 bits per heavy atom. The van der Waals surface area contributed by atoms with Crippen molar-refractivity contribution in [2.75, 3.05) is 37.4 Å². The van der Waals surface area contributed by atoms with Crippen LogP contribution in [0.25, 0.3) is 0 Å². The highest BCUT2D eigenvalue weighted by atomic mass is 19.4. The summed E-state index contributed by atoms with van der Waals surface area (Å²) in [5, 5.41) is 9.83. The Bertz CT molecular complexity index is 734. The Hall–Kier alpha value is -2.43. The van der Waals surface area contributed by atoms with Crippen LogP contribution in [0.3, 0.4) is 0 Å². The van der Waals surface area contributed by atoms with Gasteiger partial charge >= 0.3 is 12.1 Å². The number of aromatic nitrogens is 4. The Morgan fingerprint density at radius 2 is 2.15 bits per heavy atom. The smallest absolute Gasteiger partial charge is 0.416 e. The molecule has 0 saturated carbocycles. The van der Waals surface area contributed by atoms with E-state index in [1.165, 1.54) is 0 Å². The number of nitrogens with zero attached hydrogens (tertiary/aromatic N) is 6. The van der Waals surface area contributed by atoms with Crippen molar-refractivity contribution in [2.45, 2.75) is 31.6 Å². The molecule has 0 aliphatic carbocycles. The van der Waals surface area contributed by atoms with Gasteiger partial charge in [-0.3, -0.25) is 4.90 Å². The summed E-state index contributed by atoms with van der Waals surface area (Å²) in [4.78, 5) is 12.5. The lowest BCUT2D eigenvalue weighted by molar-refractivity contribution is -0.157. The molecule has 11 heteroatoms. The second kappa shape index (κ2) is 7.44. The standard InChI is InChI=1S/C15H20F3N7O/c1-24(2)11-5-6-19-14(21-11)20-10-4-3-7-25(8-10)9-12-22-23-13(26-12)15(16,17)18/h5-6,10H,3-4,7-9H2,1-2H3,(H,19,20,21). The van der Waals surface area contributed by atoms with E-state index in [1.807, 2.05) is 30.0 Å². The van der Waals surface area contributed by atoms with Crippen LogP contribution in [0.4, 0.5) is 24.9 Å². The lowest BCUT2D eigenvalue weighted by Crippen LogP contribution is -2.42. The number of halogens is 3. The molecule has 3 heterocycles. The quantitative estimate of drug-likeness (QED) is 0.855. The summed E-state index contributed by atoms with van der Waals surface area (Å²) >= 11 is 0. The fourth-order valence-corrected chi connectivity index (χ4v) is 2.79. The molecule has 3 rings (SSSR count). The molecule has 2 aromatic heterocycles. The average Bonchev–Trinajstić information content (AvgIpc) is 3.04. The second-order valence-electron chi connectivity index (χ2n) is 6.35. The summed E-state index contributed by atoms with van der Waals surface area (Å²) in [7, 11) is 3.79. The maximum absolute atomic E-state index is 12.5. The number of likely N-dealkylation sites (tertiary alicyclic amines) is 1. The van der Waals surface area contributed by atoms with Gasteiger partial charge in [0.25, 0.3) is 0 Å².